The molecule has 0 unspecified atom stereocenters. The van der Waals surface area contributed by atoms with Crippen LogP contribution in [0.25, 0.3) is 11.2 Å². The Morgan fingerprint density at radius 1 is 1.14 bits per heavy atom. The third-order valence-electron chi connectivity index (χ3n) is 6.43. The number of hydrogen-bond acceptors (Lipinski definition) is 11. The average molecular weight is 645 g/mol. The molecule has 5 rings (SSSR count). The topological polar surface area (TPSA) is 220 Å². The van der Waals surface area contributed by atoms with Crippen molar-refractivity contribution in [3.05, 3.63) is 85.9 Å². The van der Waals surface area contributed by atoms with E-state index in [0.29, 0.717) is 4.31 Å². The average Bonchev–Trinajstić information content (AvgIpc) is 3.39. The van der Waals surface area contributed by atoms with Gasteiger partial charge in [-0.15, -0.1) is 0 Å². The number of nitrogens with one attached hydrogen (secondary N) is 2. The van der Waals surface area contributed by atoms with E-state index in [1.54, 1.807) is 24.3 Å². The molecular formula is C25H21ClN8O9S. The normalized spacial score (nSPS) is 13.6. The molecule has 4 aromatic rings. The molecular weight excluding hydrogens is 624 g/mol. The fraction of sp³-hybridized carbons (Fsp3) is 0.200. The third kappa shape index (κ3) is 6.20. The van der Waals surface area contributed by atoms with Gasteiger partial charge in [0, 0.05) is 17.6 Å². The van der Waals surface area contributed by atoms with E-state index >= 15 is 0 Å². The Morgan fingerprint density at radius 3 is 2.59 bits per heavy atom. The van der Waals surface area contributed by atoms with Gasteiger partial charge in [-0.2, -0.15) is 4.98 Å². The molecule has 3 heterocycles. The number of aromatic amines is 1. The molecule has 1 saturated heterocycles. The molecule has 0 radical (unpaired) electrons. The van der Waals surface area contributed by atoms with Crippen LogP contribution in [0.3, 0.4) is 0 Å². The van der Waals surface area contributed by atoms with Gasteiger partial charge < -0.3 is 14.2 Å². The first-order valence-corrected chi connectivity index (χ1v) is 14.5. The summed E-state index contributed by atoms with van der Waals surface area (Å²) in [6.45, 7) is -1.79. The highest BCUT2D eigenvalue weighted by molar-refractivity contribution is 7.89. The van der Waals surface area contributed by atoms with Crippen LogP contribution in [0, 0.1) is 10.1 Å². The summed E-state index contributed by atoms with van der Waals surface area (Å²) in [4.78, 5) is 72.0. The monoisotopic (exact) mass is 644 g/mol. The number of ether oxygens (including phenoxy) is 1. The second kappa shape index (κ2) is 12.1. The largest absolute Gasteiger partial charge is 0.444 e. The molecule has 228 valence electrons. The van der Waals surface area contributed by atoms with E-state index in [4.69, 9.17) is 16.3 Å². The molecule has 1 aliphatic rings. The zero-order valence-corrected chi connectivity index (χ0v) is 23.9. The molecule has 0 aliphatic carbocycles. The Bertz CT molecular complexity index is 1960. The lowest BCUT2D eigenvalue weighted by Crippen LogP contribution is -2.54. The van der Waals surface area contributed by atoms with Crippen LogP contribution < -0.4 is 10.9 Å². The summed E-state index contributed by atoms with van der Waals surface area (Å²) in [5, 5.41) is 13.7. The van der Waals surface area contributed by atoms with Crippen LogP contribution in [-0.4, -0.2) is 79.6 Å². The van der Waals surface area contributed by atoms with E-state index in [9.17, 15) is 37.7 Å². The molecule has 1 fully saturated rings. The number of rotatable bonds is 8. The third-order valence-corrected chi connectivity index (χ3v) is 8.53. The number of fused-ring (bicyclic) bond motifs is 1. The van der Waals surface area contributed by atoms with Gasteiger partial charge in [-0.05, 0) is 17.7 Å². The summed E-state index contributed by atoms with van der Waals surface area (Å²) < 4.78 is 33.1. The first kappa shape index (κ1) is 30.1. The van der Waals surface area contributed by atoms with Gasteiger partial charge in [0.2, 0.25) is 11.9 Å². The van der Waals surface area contributed by atoms with Crippen LogP contribution in [0.1, 0.15) is 5.56 Å². The number of aromatic nitrogens is 4. The molecule has 0 spiro atoms. The highest BCUT2D eigenvalue weighted by atomic mass is 35.5. The van der Waals surface area contributed by atoms with E-state index in [1.165, 1.54) is 10.9 Å². The standard InChI is InChI=1S/C25H21ClN8O9S/c26-16-6-7-18(17(10-16)34(39)40)44(41,42)33-9-8-31(12-20(33)36)19(35)11-32-14-27-21-22(32)28-24(29-23(21)37)30-25(38)43-13-15-4-2-1-3-5-15/h1-7,10,14H,8-9,11-13H2,(H2,28,29,30,37,38). The highest BCUT2D eigenvalue weighted by Crippen LogP contribution is 2.30. The van der Waals surface area contributed by atoms with Crippen molar-refractivity contribution in [3.8, 4) is 0 Å². The summed E-state index contributed by atoms with van der Waals surface area (Å²) in [7, 11) is -4.63. The summed E-state index contributed by atoms with van der Waals surface area (Å²) in [6.07, 6.45) is 0.276. The van der Waals surface area contributed by atoms with Gasteiger partial charge in [0.1, 0.15) is 19.7 Å². The van der Waals surface area contributed by atoms with Gasteiger partial charge in [-0.3, -0.25) is 34.8 Å². The smallest absolute Gasteiger partial charge is 0.414 e. The number of amides is 3. The molecule has 0 saturated carbocycles. The molecule has 2 aromatic heterocycles. The number of carbonyl (C=O) groups excluding carboxylic acids is 3. The maximum atomic E-state index is 13.1. The second-order valence-electron chi connectivity index (χ2n) is 9.30. The number of nitro groups is 1. The van der Waals surface area contributed by atoms with Gasteiger partial charge >= 0.3 is 6.09 Å². The van der Waals surface area contributed by atoms with Crippen molar-refractivity contribution in [1.29, 1.82) is 0 Å². The Hall–Kier alpha value is -5.36. The zero-order valence-electron chi connectivity index (χ0n) is 22.4. The van der Waals surface area contributed by atoms with Crippen molar-refractivity contribution in [2.45, 2.75) is 18.0 Å². The van der Waals surface area contributed by atoms with Gasteiger partial charge in [0.15, 0.2) is 16.1 Å². The number of carbonyl (C=O) groups is 3. The Morgan fingerprint density at radius 2 is 1.89 bits per heavy atom. The Labute approximate surface area is 252 Å². The first-order chi connectivity index (χ1) is 20.9. The van der Waals surface area contributed by atoms with E-state index < -0.39 is 68.6 Å². The molecule has 2 aromatic carbocycles. The summed E-state index contributed by atoms with van der Waals surface area (Å²) in [5.74, 6) is -1.88. The van der Waals surface area contributed by atoms with E-state index in [2.05, 4.69) is 20.3 Å². The van der Waals surface area contributed by atoms with Gasteiger partial charge in [-0.25, -0.2) is 22.5 Å². The summed E-state index contributed by atoms with van der Waals surface area (Å²) in [5.41, 5.74) is -0.943. The molecule has 17 nitrogen and oxygen atoms in total. The van der Waals surface area contributed by atoms with Crippen LogP contribution in [-0.2, 0) is 37.5 Å². The van der Waals surface area contributed by atoms with Crippen molar-refractivity contribution in [2.24, 2.45) is 0 Å². The number of nitrogens with zero attached hydrogens (tertiary/aromatic N) is 6. The minimum Gasteiger partial charge on any atom is -0.444 e. The SMILES string of the molecule is O=C(Nc1nc2c(ncn2CC(=O)N2CCN(S(=O)(=O)c3ccc(Cl)cc3[N+](=O)[O-])C(=O)C2)c(=O)[nH]1)OCc1ccccc1. The molecule has 1 aliphatic heterocycles. The van der Waals surface area contributed by atoms with Gasteiger partial charge in [-0.1, -0.05) is 41.9 Å². The fourth-order valence-electron chi connectivity index (χ4n) is 4.32. The molecule has 3 amide bonds. The van der Waals surface area contributed by atoms with E-state index in [-0.39, 0.29) is 35.3 Å². The number of halogens is 1. The van der Waals surface area contributed by atoms with Crippen LogP contribution in [0.5, 0.6) is 0 Å². The minimum atomic E-state index is -4.63. The van der Waals surface area contributed by atoms with Gasteiger partial charge in [0.05, 0.1) is 17.8 Å². The van der Waals surface area contributed by atoms with Crippen molar-refractivity contribution >= 4 is 62.3 Å². The van der Waals surface area contributed by atoms with Gasteiger partial charge in [0.25, 0.3) is 27.2 Å². The van der Waals surface area contributed by atoms with Crippen molar-refractivity contribution < 1.29 is 32.5 Å². The number of piperazine rings is 1. The lowest BCUT2D eigenvalue weighted by atomic mass is 10.2. The number of H-pyrrole nitrogens is 1. The number of nitro benzene ring substituents is 1. The maximum absolute atomic E-state index is 13.1. The highest BCUT2D eigenvalue weighted by Gasteiger charge is 2.39. The summed E-state index contributed by atoms with van der Waals surface area (Å²) in [6, 6.07) is 11.8. The Balaban J connectivity index is 1.27. The van der Waals surface area contributed by atoms with Crippen LogP contribution in [0.4, 0.5) is 16.4 Å². The first-order valence-electron chi connectivity index (χ1n) is 12.6. The molecule has 2 N–H and O–H groups in total. The number of benzene rings is 2. The number of sulfonamides is 1. The molecule has 0 atom stereocenters. The van der Waals surface area contributed by atoms with Crippen molar-refractivity contribution in [2.75, 3.05) is 25.0 Å². The van der Waals surface area contributed by atoms with Crippen LogP contribution >= 0.6 is 11.6 Å². The number of imidazole rings is 1. The quantitative estimate of drug-likeness (QED) is 0.207. The lowest BCUT2D eigenvalue weighted by Gasteiger charge is -2.33. The van der Waals surface area contributed by atoms with E-state index in [0.717, 1.165) is 28.7 Å². The molecule has 19 heteroatoms. The predicted octanol–water partition coefficient (Wildman–Crippen LogP) is 1.49. The van der Waals surface area contributed by atoms with Crippen LogP contribution in [0.15, 0.2) is 64.5 Å². The minimum absolute atomic E-state index is 0.0323. The second-order valence-corrected chi connectivity index (χ2v) is 11.6. The van der Waals surface area contributed by atoms with Crippen molar-refractivity contribution in [1.82, 2.24) is 28.7 Å². The lowest BCUT2D eigenvalue weighted by molar-refractivity contribution is -0.387. The van der Waals surface area contributed by atoms with Crippen LogP contribution in [0.2, 0.25) is 5.02 Å². The molecule has 44 heavy (non-hydrogen) atoms. The van der Waals surface area contributed by atoms with E-state index in [1.807, 2.05) is 6.07 Å². The maximum Gasteiger partial charge on any atom is 0.414 e. The van der Waals surface area contributed by atoms with Crippen molar-refractivity contribution in [3.63, 3.8) is 0 Å². The zero-order chi connectivity index (χ0) is 31.6. The fourth-order valence-corrected chi connectivity index (χ4v) is 6.01. The number of anilines is 1. The number of hydrogen-bond donors (Lipinski definition) is 2. The predicted molar refractivity (Wildman–Crippen MR) is 152 cm³/mol. The molecule has 0 bridgehead atoms. The Kier molecular flexibility index (Phi) is 8.28. The summed E-state index contributed by atoms with van der Waals surface area (Å²) >= 11 is 5.77.